The molecule has 0 saturated carbocycles. The van der Waals surface area contributed by atoms with E-state index in [4.69, 9.17) is 14.5 Å². The molecule has 1 amide bonds. The van der Waals surface area contributed by atoms with Gasteiger partial charge in [-0.25, -0.2) is 18.1 Å². The zero-order valence-electron chi connectivity index (χ0n) is 20.9. The number of ether oxygens (including phenoxy) is 2. The van der Waals surface area contributed by atoms with Gasteiger partial charge in [0.15, 0.2) is 15.5 Å². The van der Waals surface area contributed by atoms with Crippen LogP contribution in [0.1, 0.15) is 34.1 Å². The molecule has 5 rings (SSSR count). The van der Waals surface area contributed by atoms with Gasteiger partial charge >= 0.3 is 0 Å². The molecule has 1 aliphatic rings. The number of methoxy groups -OCH3 is 2. The number of aromatic nitrogens is 3. The number of aryl methyl sites for hydroxylation is 1. The predicted octanol–water partition coefficient (Wildman–Crippen LogP) is 3.71. The fourth-order valence-corrected chi connectivity index (χ4v) is 6.38. The summed E-state index contributed by atoms with van der Waals surface area (Å²) in [7, 11) is 0.0611. The van der Waals surface area contributed by atoms with Crippen LogP contribution in [0.5, 0.6) is 11.5 Å². The molecule has 1 fully saturated rings. The van der Waals surface area contributed by atoms with Crippen molar-refractivity contribution in [2.75, 3.05) is 25.7 Å². The number of hydrogen-bond donors (Lipinski definition) is 1. The summed E-state index contributed by atoms with van der Waals surface area (Å²) in [5.74, 6) is 1.27. The number of benzene rings is 2. The number of fused-ring (bicyclic) bond motifs is 1. The van der Waals surface area contributed by atoms with E-state index in [0.29, 0.717) is 52.4 Å². The van der Waals surface area contributed by atoms with Crippen LogP contribution in [0, 0.1) is 6.92 Å². The lowest BCUT2D eigenvalue weighted by atomic mass is 10.0. The van der Waals surface area contributed by atoms with Crippen molar-refractivity contribution >= 4 is 26.8 Å². The molecule has 9 nitrogen and oxygen atoms in total. The largest absolute Gasteiger partial charge is 0.497 e. The highest BCUT2D eigenvalue weighted by Gasteiger charge is 2.32. The molecule has 3 heterocycles. The third kappa shape index (κ3) is 5.01. The fourth-order valence-electron chi connectivity index (χ4n) is 4.68. The van der Waals surface area contributed by atoms with Crippen molar-refractivity contribution in [3.8, 4) is 22.8 Å². The molecule has 1 saturated heterocycles. The minimum absolute atomic E-state index is 0.00896. The van der Waals surface area contributed by atoms with Crippen LogP contribution in [-0.4, -0.2) is 54.8 Å². The van der Waals surface area contributed by atoms with E-state index in [-0.39, 0.29) is 23.5 Å². The van der Waals surface area contributed by atoms with Gasteiger partial charge in [0.2, 0.25) is 0 Å². The van der Waals surface area contributed by atoms with Gasteiger partial charge in [0.05, 0.1) is 54.1 Å². The van der Waals surface area contributed by atoms with Gasteiger partial charge in [-0.05, 0) is 61.4 Å². The van der Waals surface area contributed by atoms with E-state index in [0.717, 1.165) is 11.1 Å². The standard InChI is InChI=1S/C27H28N4O5S/c1-17-25-23(27(32)28-15-18-5-4-6-22(13-18)36-3)14-24(19-7-9-21(35-2)10-8-19)29-26(25)31(30-17)20-11-12-37(33,34)16-20/h4-10,13-14,20H,11-12,15-16H2,1-3H3,(H,28,32). The number of pyridine rings is 1. The molecule has 192 valence electrons. The maximum Gasteiger partial charge on any atom is 0.252 e. The summed E-state index contributed by atoms with van der Waals surface area (Å²) in [6, 6.07) is 16.3. The second kappa shape index (κ2) is 9.85. The van der Waals surface area contributed by atoms with Crippen LogP contribution in [0.4, 0.5) is 0 Å². The summed E-state index contributed by atoms with van der Waals surface area (Å²) >= 11 is 0. The Labute approximate surface area is 215 Å². The van der Waals surface area contributed by atoms with Gasteiger partial charge < -0.3 is 14.8 Å². The van der Waals surface area contributed by atoms with E-state index in [1.54, 1.807) is 25.0 Å². The first-order valence-corrected chi connectivity index (χ1v) is 13.8. The molecule has 1 unspecified atom stereocenters. The Morgan fingerprint density at radius 3 is 2.51 bits per heavy atom. The second-order valence-electron chi connectivity index (χ2n) is 9.10. The first-order chi connectivity index (χ1) is 17.8. The number of sulfone groups is 1. The van der Waals surface area contributed by atoms with Gasteiger partial charge in [-0.15, -0.1) is 0 Å². The molecular weight excluding hydrogens is 492 g/mol. The van der Waals surface area contributed by atoms with Crippen LogP contribution >= 0.6 is 0 Å². The second-order valence-corrected chi connectivity index (χ2v) is 11.3. The molecule has 2 aromatic carbocycles. The smallest absolute Gasteiger partial charge is 0.252 e. The Kier molecular flexibility index (Phi) is 6.59. The van der Waals surface area contributed by atoms with Gasteiger partial charge in [-0.3, -0.25) is 4.79 Å². The van der Waals surface area contributed by atoms with E-state index in [2.05, 4.69) is 10.4 Å². The number of nitrogens with zero attached hydrogens (tertiary/aromatic N) is 3. The van der Waals surface area contributed by atoms with Crippen LogP contribution in [0.2, 0.25) is 0 Å². The highest BCUT2D eigenvalue weighted by Crippen LogP contribution is 2.32. The molecule has 4 aromatic rings. The van der Waals surface area contributed by atoms with Gasteiger partial charge in [0.1, 0.15) is 11.5 Å². The summed E-state index contributed by atoms with van der Waals surface area (Å²) < 4.78 is 36.6. The van der Waals surface area contributed by atoms with E-state index in [1.165, 1.54) is 0 Å². The number of rotatable bonds is 7. The van der Waals surface area contributed by atoms with E-state index in [1.807, 2.05) is 55.5 Å². The van der Waals surface area contributed by atoms with E-state index in [9.17, 15) is 13.2 Å². The molecule has 0 spiro atoms. The van der Waals surface area contributed by atoms with E-state index >= 15 is 0 Å². The summed E-state index contributed by atoms with van der Waals surface area (Å²) in [4.78, 5) is 18.4. The lowest BCUT2D eigenvalue weighted by molar-refractivity contribution is 0.0952. The van der Waals surface area contributed by atoms with Crippen LogP contribution < -0.4 is 14.8 Å². The molecule has 1 aliphatic heterocycles. The Balaban J connectivity index is 1.58. The molecular formula is C27H28N4O5S. The molecule has 10 heteroatoms. The number of nitrogens with one attached hydrogen (secondary N) is 1. The molecule has 1 N–H and O–H groups in total. The first kappa shape index (κ1) is 24.8. The fraction of sp³-hybridized carbons (Fsp3) is 0.296. The average Bonchev–Trinajstić information content (AvgIpc) is 3.45. The first-order valence-electron chi connectivity index (χ1n) is 11.9. The summed E-state index contributed by atoms with van der Waals surface area (Å²) in [6.07, 6.45) is 0.463. The number of carbonyl (C=O) groups is 1. The maximum absolute atomic E-state index is 13.5. The Morgan fingerprint density at radius 1 is 1.08 bits per heavy atom. The lowest BCUT2D eigenvalue weighted by Gasteiger charge is -2.13. The summed E-state index contributed by atoms with van der Waals surface area (Å²) in [5.41, 5.74) is 3.84. The summed E-state index contributed by atoms with van der Waals surface area (Å²) in [6.45, 7) is 2.13. The van der Waals surface area contributed by atoms with Crippen molar-refractivity contribution in [3.05, 3.63) is 71.4 Å². The van der Waals surface area contributed by atoms with Crippen LogP contribution in [0.15, 0.2) is 54.6 Å². The minimum atomic E-state index is -3.14. The zero-order valence-corrected chi connectivity index (χ0v) is 21.7. The van der Waals surface area contributed by atoms with Crippen molar-refractivity contribution in [2.45, 2.75) is 25.9 Å². The topological polar surface area (TPSA) is 112 Å². The third-order valence-electron chi connectivity index (χ3n) is 6.61. The van der Waals surface area contributed by atoms with Gasteiger partial charge in [-0.2, -0.15) is 5.10 Å². The average molecular weight is 521 g/mol. The number of amides is 1. The van der Waals surface area contributed by atoms with Crippen molar-refractivity contribution in [1.82, 2.24) is 20.1 Å². The summed E-state index contributed by atoms with van der Waals surface area (Å²) in [5, 5.41) is 8.27. The molecule has 0 aliphatic carbocycles. The lowest BCUT2D eigenvalue weighted by Crippen LogP contribution is -2.23. The van der Waals surface area contributed by atoms with Crippen LogP contribution in [0.3, 0.4) is 0 Å². The number of hydrogen-bond acceptors (Lipinski definition) is 7. The molecule has 2 aromatic heterocycles. The van der Waals surface area contributed by atoms with Crippen molar-refractivity contribution < 1.29 is 22.7 Å². The van der Waals surface area contributed by atoms with E-state index < -0.39 is 9.84 Å². The van der Waals surface area contributed by atoms with Gasteiger partial charge in [0.25, 0.3) is 5.91 Å². The Bertz CT molecular complexity index is 1580. The Morgan fingerprint density at radius 2 is 1.84 bits per heavy atom. The monoisotopic (exact) mass is 520 g/mol. The quantitative estimate of drug-likeness (QED) is 0.395. The molecule has 0 radical (unpaired) electrons. The molecule has 37 heavy (non-hydrogen) atoms. The van der Waals surface area contributed by atoms with Crippen molar-refractivity contribution in [1.29, 1.82) is 0 Å². The zero-order chi connectivity index (χ0) is 26.2. The van der Waals surface area contributed by atoms with Gasteiger partial charge in [0, 0.05) is 12.1 Å². The highest BCUT2D eigenvalue weighted by molar-refractivity contribution is 7.91. The normalized spacial score (nSPS) is 16.6. The Hall–Kier alpha value is -3.92. The maximum atomic E-state index is 13.5. The SMILES string of the molecule is COc1ccc(-c2cc(C(=O)NCc3cccc(OC)c3)c3c(C)nn(C4CCS(=O)(=O)C4)c3n2)cc1. The molecule has 1 atom stereocenters. The highest BCUT2D eigenvalue weighted by atomic mass is 32.2. The minimum Gasteiger partial charge on any atom is -0.497 e. The van der Waals surface area contributed by atoms with Crippen molar-refractivity contribution in [3.63, 3.8) is 0 Å². The van der Waals surface area contributed by atoms with Crippen LogP contribution in [0.25, 0.3) is 22.3 Å². The number of carbonyl (C=O) groups excluding carboxylic acids is 1. The van der Waals surface area contributed by atoms with Crippen molar-refractivity contribution in [2.24, 2.45) is 0 Å². The van der Waals surface area contributed by atoms with Gasteiger partial charge in [-0.1, -0.05) is 12.1 Å². The van der Waals surface area contributed by atoms with Crippen LogP contribution in [-0.2, 0) is 16.4 Å². The third-order valence-corrected chi connectivity index (χ3v) is 8.36. The molecule has 0 bridgehead atoms. The predicted molar refractivity (Wildman–Crippen MR) is 141 cm³/mol.